The average Bonchev–Trinajstić information content (AvgIpc) is 3.26. The van der Waals surface area contributed by atoms with Gasteiger partial charge in [0.05, 0.1) is 18.9 Å². The van der Waals surface area contributed by atoms with E-state index in [4.69, 9.17) is 14.3 Å². The van der Waals surface area contributed by atoms with Gasteiger partial charge in [-0.2, -0.15) is 5.10 Å². The molecule has 11 nitrogen and oxygen atoms in total. The van der Waals surface area contributed by atoms with Gasteiger partial charge in [-0.3, -0.25) is 9.89 Å². The molecule has 2 aliphatic rings. The zero-order valence-corrected chi connectivity index (χ0v) is 16.3. The van der Waals surface area contributed by atoms with Gasteiger partial charge in [-0.25, -0.2) is 9.59 Å². The highest BCUT2D eigenvalue weighted by Gasteiger charge is 2.33. The van der Waals surface area contributed by atoms with Crippen LogP contribution >= 0.6 is 0 Å². The lowest BCUT2D eigenvalue weighted by Gasteiger charge is -2.39. The molecule has 2 saturated heterocycles. The highest BCUT2D eigenvalue weighted by atomic mass is 16.7. The molecular weight excluding hydrogens is 382 g/mol. The molecule has 3 rings (SSSR count). The normalized spacial score (nSPS) is 18.4. The summed E-state index contributed by atoms with van der Waals surface area (Å²) in [5.74, 6) is -0.903. The maximum absolute atomic E-state index is 13.0. The van der Waals surface area contributed by atoms with Crippen molar-refractivity contribution in [1.82, 2.24) is 20.0 Å². The Hall–Kier alpha value is -3.11. The molecule has 0 aliphatic carbocycles. The van der Waals surface area contributed by atoms with Crippen LogP contribution in [0.15, 0.2) is 17.4 Å². The number of carbonyl (C=O) groups is 3. The fraction of sp³-hybridized carbons (Fsp3) is 0.611. The Morgan fingerprint density at radius 2 is 2.14 bits per heavy atom. The molecule has 11 heteroatoms. The summed E-state index contributed by atoms with van der Waals surface area (Å²) in [6.45, 7) is 3.61. The van der Waals surface area contributed by atoms with E-state index < -0.39 is 12.6 Å². The molecule has 0 aromatic carbocycles. The lowest BCUT2D eigenvalue weighted by molar-refractivity contribution is -0.148. The molecule has 0 unspecified atom stereocenters. The summed E-state index contributed by atoms with van der Waals surface area (Å²) in [5.41, 5.74) is 0.420. The smallest absolute Gasteiger partial charge is 0.410 e. The summed E-state index contributed by atoms with van der Waals surface area (Å²) < 4.78 is 9.89. The number of amides is 2. The summed E-state index contributed by atoms with van der Waals surface area (Å²) in [6, 6.07) is 1.65. The zero-order valence-electron chi connectivity index (χ0n) is 16.3. The number of ether oxygens (including phenoxy) is 2. The Bertz CT molecular complexity index is 742. The predicted octanol–water partition coefficient (Wildman–Crippen LogP) is 0.527. The first kappa shape index (κ1) is 20.6. The van der Waals surface area contributed by atoms with Crippen LogP contribution in [0.1, 0.15) is 31.9 Å². The summed E-state index contributed by atoms with van der Waals surface area (Å²) in [6.07, 6.45) is 3.34. The van der Waals surface area contributed by atoms with Crippen molar-refractivity contribution in [3.63, 3.8) is 0 Å². The number of aromatic amines is 1. The van der Waals surface area contributed by atoms with Gasteiger partial charge in [0.15, 0.2) is 5.71 Å². The number of carbonyl (C=O) groups excluding carboxylic acids is 3. The zero-order chi connectivity index (χ0) is 20.6. The third kappa shape index (κ3) is 5.24. The van der Waals surface area contributed by atoms with Crippen LogP contribution in [-0.2, 0) is 23.9 Å². The number of cyclic esters (lactones) is 1. The van der Waals surface area contributed by atoms with Crippen LogP contribution in [0.5, 0.6) is 0 Å². The largest absolute Gasteiger partial charge is 0.463 e. The number of aromatic nitrogens is 2. The predicted molar refractivity (Wildman–Crippen MR) is 100.0 cm³/mol. The Morgan fingerprint density at radius 1 is 1.34 bits per heavy atom. The molecule has 0 radical (unpaired) electrons. The van der Waals surface area contributed by atoms with Crippen LogP contribution in [0.4, 0.5) is 4.79 Å². The Balaban J connectivity index is 1.61. The van der Waals surface area contributed by atoms with Gasteiger partial charge >= 0.3 is 12.1 Å². The van der Waals surface area contributed by atoms with Crippen LogP contribution in [0.3, 0.4) is 0 Å². The van der Waals surface area contributed by atoms with E-state index in [1.807, 2.05) is 0 Å². The van der Waals surface area contributed by atoms with Crippen molar-refractivity contribution < 1.29 is 28.7 Å². The second kappa shape index (κ2) is 9.89. The van der Waals surface area contributed by atoms with Crippen LogP contribution in [0.2, 0.25) is 0 Å². The van der Waals surface area contributed by atoms with Gasteiger partial charge in [-0.15, -0.1) is 0 Å². The summed E-state index contributed by atoms with van der Waals surface area (Å²) in [4.78, 5) is 44.8. The fourth-order valence-corrected chi connectivity index (χ4v) is 3.37. The molecule has 29 heavy (non-hydrogen) atoms. The first-order chi connectivity index (χ1) is 14.1. The highest BCUT2D eigenvalue weighted by Crippen LogP contribution is 2.20. The van der Waals surface area contributed by atoms with E-state index in [1.54, 1.807) is 22.8 Å². The minimum absolute atomic E-state index is 0.0302. The number of nitrogens with zero attached hydrogens (tertiary/aromatic N) is 4. The monoisotopic (exact) mass is 407 g/mol. The molecule has 2 fully saturated rings. The minimum atomic E-state index is -0.568. The van der Waals surface area contributed by atoms with Gasteiger partial charge < -0.3 is 24.1 Å². The van der Waals surface area contributed by atoms with Crippen LogP contribution in [-0.4, -0.2) is 89.2 Å². The number of H-pyrrole nitrogens is 1. The number of oxime groups is 1. The number of hydrogen-bond donors (Lipinski definition) is 1. The molecule has 158 valence electrons. The highest BCUT2D eigenvalue weighted by molar-refractivity contribution is 6.44. The van der Waals surface area contributed by atoms with Crippen molar-refractivity contribution in [3.8, 4) is 0 Å². The number of piperidine rings is 1. The molecular formula is C18H25N5O6. The van der Waals surface area contributed by atoms with Crippen molar-refractivity contribution in [2.24, 2.45) is 5.16 Å². The first-order valence-corrected chi connectivity index (χ1v) is 9.68. The van der Waals surface area contributed by atoms with Crippen LogP contribution in [0.25, 0.3) is 0 Å². The summed E-state index contributed by atoms with van der Waals surface area (Å²) in [5, 5.41) is 10.4. The van der Waals surface area contributed by atoms with E-state index >= 15 is 0 Å². The SMILES string of the molecule is CCOC(=O)CON=C(C(=O)N1CCC(N2CCCOC2=O)CC1)c1ccn[nH]1. The molecule has 2 amide bonds. The molecule has 1 N–H and O–H groups in total. The number of nitrogens with one attached hydrogen (secondary N) is 1. The van der Waals surface area contributed by atoms with E-state index in [0.29, 0.717) is 44.8 Å². The second-order valence-electron chi connectivity index (χ2n) is 6.67. The van der Waals surface area contributed by atoms with E-state index in [9.17, 15) is 14.4 Å². The molecule has 3 heterocycles. The fourth-order valence-electron chi connectivity index (χ4n) is 3.37. The number of hydrogen-bond acceptors (Lipinski definition) is 8. The van der Waals surface area contributed by atoms with Crippen LogP contribution < -0.4 is 0 Å². The van der Waals surface area contributed by atoms with Gasteiger partial charge in [0.1, 0.15) is 0 Å². The molecule has 0 atom stereocenters. The number of likely N-dealkylation sites (tertiary alicyclic amines) is 1. The summed E-state index contributed by atoms with van der Waals surface area (Å²) in [7, 11) is 0. The second-order valence-corrected chi connectivity index (χ2v) is 6.67. The average molecular weight is 407 g/mol. The van der Waals surface area contributed by atoms with E-state index in [2.05, 4.69) is 15.4 Å². The third-order valence-electron chi connectivity index (χ3n) is 4.80. The summed E-state index contributed by atoms with van der Waals surface area (Å²) >= 11 is 0. The maximum Gasteiger partial charge on any atom is 0.410 e. The van der Waals surface area contributed by atoms with Crippen molar-refractivity contribution in [1.29, 1.82) is 0 Å². The molecule has 1 aromatic heterocycles. The van der Waals surface area contributed by atoms with Crippen molar-refractivity contribution in [2.75, 3.05) is 39.5 Å². The first-order valence-electron chi connectivity index (χ1n) is 9.68. The van der Waals surface area contributed by atoms with Crippen LogP contribution in [0, 0.1) is 0 Å². The van der Waals surface area contributed by atoms with E-state index in [1.165, 1.54) is 6.20 Å². The number of rotatable bonds is 7. The van der Waals surface area contributed by atoms with Gasteiger partial charge in [0.2, 0.25) is 6.61 Å². The van der Waals surface area contributed by atoms with Crippen molar-refractivity contribution in [3.05, 3.63) is 18.0 Å². The third-order valence-corrected chi connectivity index (χ3v) is 4.80. The Labute approximate surface area is 167 Å². The Kier molecular flexibility index (Phi) is 7.04. The lowest BCUT2D eigenvalue weighted by atomic mass is 10.0. The molecule has 0 spiro atoms. The van der Waals surface area contributed by atoms with Crippen molar-refractivity contribution >= 4 is 23.7 Å². The van der Waals surface area contributed by atoms with Crippen molar-refractivity contribution in [2.45, 2.75) is 32.2 Å². The Morgan fingerprint density at radius 3 is 2.79 bits per heavy atom. The molecule has 1 aromatic rings. The van der Waals surface area contributed by atoms with Gasteiger partial charge in [-0.05, 0) is 32.3 Å². The molecule has 0 saturated carbocycles. The van der Waals surface area contributed by atoms with Gasteiger partial charge in [-0.1, -0.05) is 5.16 Å². The van der Waals surface area contributed by atoms with Gasteiger partial charge in [0.25, 0.3) is 5.91 Å². The number of esters is 1. The topological polar surface area (TPSA) is 126 Å². The van der Waals surface area contributed by atoms with E-state index in [-0.39, 0.29) is 30.4 Å². The van der Waals surface area contributed by atoms with E-state index in [0.717, 1.165) is 6.42 Å². The minimum Gasteiger partial charge on any atom is -0.463 e. The standard InChI is InChI=1S/C18H25N5O6/c1-2-27-15(24)12-29-21-16(14-4-7-19-20-14)17(25)22-9-5-13(6-10-22)23-8-3-11-28-18(23)26/h4,7,13H,2-3,5-6,8-12H2,1H3,(H,19,20). The maximum atomic E-state index is 13.0. The molecule has 0 bridgehead atoms. The molecule has 2 aliphatic heterocycles. The van der Waals surface area contributed by atoms with Gasteiger partial charge in [0, 0.05) is 31.9 Å². The quantitative estimate of drug-likeness (QED) is 0.397. The lowest BCUT2D eigenvalue weighted by Crippen LogP contribution is -2.52.